The van der Waals surface area contributed by atoms with Crippen molar-refractivity contribution in [1.82, 2.24) is 9.80 Å². The van der Waals surface area contributed by atoms with Crippen molar-refractivity contribution in [2.45, 2.75) is 19.4 Å². The van der Waals surface area contributed by atoms with Crippen molar-refractivity contribution in [2.24, 2.45) is 5.92 Å². The van der Waals surface area contributed by atoms with Crippen LogP contribution in [0.2, 0.25) is 5.02 Å². The number of hydrogen-bond acceptors (Lipinski definition) is 4. The van der Waals surface area contributed by atoms with Gasteiger partial charge in [-0.3, -0.25) is 15.0 Å². The second-order valence-corrected chi connectivity index (χ2v) is 6.42. The first-order chi connectivity index (χ1) is 9.95. The molecule has 116 valence electrons. The van der Waals surface area contributed by atoms with E-state index in [1.165, 1.54) is 18.9 Å². The zero-order valence-corrected chi connectivity index (χ0v) is 13.3. The molecule has 0 aromatic heterocycles. The predicted octanol–water partition coefficient (Wildman–Crippen LogP) is 3.02. The largest absolute Gasteiger partial charge is 0.309 e. The van der Waals surface area contributed by atoms with Gasteiger partial charge in [0.1, 0.15) is 0 Å². The van der Waals surface area contributed by atoms with Gasteiger partial charge in [-0.2, -0.15) is 0 Å². The molecule has 1 heterocycles. The van der Waals surface area contributed by atoms with Crippen molar-refractivity contribution in [2.75, 3.05) is 33.7 Å². The molecule has 21 heavy (non-hydrogen) atoms. The number of piperidine rings is 1. The molecule has 0 spiro atoms. The number of rotatable bonds is 5. The average Bonchev–Trinajstić information content (AvgIpc) is 2.42. The molecule has 5 nitrogen and oxygen atoms in total. The van der Waals surface area contributed by atoms with Crippen LogP contribution in [0, 0.1) is 16.0 Å². The molecule has 1 saturated heterocycles. The number of likely N-dealkylation sites (tertiary alicyclic amines) is 1. The van der Waals surface area contributed by atoms with E-state index in [4.69, 9.17) is 11.6 Å². The van der Waals surface area contributed by atoms with Gasteiger partial charge in [-0.25, -0.2) is 0 Å². The maximum absolute atomic E-state index is 10.8. The summed E-state index contributed by atoms with van der Waals surface area (Å²) in [5.74, 6) is 0.747. The molecular weight excluding hydrogens is 290 g/mol. The second-order valence-electron chi connectivity index (χ2n) is 6.01. The van der Waals surface area contributed by atoms with Crippen LogP contribution in [-0.4, -0.2) is 48.5 Å². The molecule has 1 aromatic carbocycles. The van der Waals surface area contributed by atoms with E-state index < -0.39 is 0 Å². The molecule has 1 aliphatic heterocycles. The lowest BCUT2D eigenvalue weighted by Gasteiger charge is -2.33. The van der Waals surface area contributed by atoms with Crippen molar-refractivity contribution in [1.29, 1.82) is 0 Å². The van der Waals surface area contributed by atoms with Gasteiger partial charge in [-0.05, 0) is 57.6 Å². The molecule has 1 aromatic rings. The summed E-state index contributed by atoms with van der Waals surface area (Å²) in [6, 6.07) is 4.66. The van der Waals surface area contributed by atoms with Crippen molar-refractivity contribution < 1.29 is 4.92 Å². The van der Waals surface area contributed by atoms with Gasteiger partial charge in [0.15, 0.2) is 0 Å². The lowest BCUT2D eigenvalue weighted by molar-refractivity contribution is -0.384. The summed E-state index contributed by atoms with van der Waals surface area (Å²) in [4.78, 5) is 15.0. The highest BCUT2D eigenvalue weighted by Crippen LogP contribution is 2.25. The van der Waals surface area contributed by atoms with Crippen LogP contribution in [0.4, 0.5) is 5.69 Å². The Morgan fingerprint density at radius 1 is 1.38 bits per heavy atom. The Bertz CT molecular complexity index is 500. The third-order valence-electron chi connectivity index (χ3n) is 3.96. The van der Waals surface area contributed by atoms with Gasteiger partial charge < -0.3 is 4.90 Å². The van der Waals surface area contributed by atoms with E-state index in [0.717, 1.165) is 31.1 Å². The summed E-state index contributed by atoms with van der Waals surface area (Å²) in [5.41, 5.74) is 0.953. The highest BCUT2D eigenvalue weighted by atomic mass is 35.5. The van der Waals surface area contributed by atoms with Gasteiger partial charge in [0.05, 0.1) is 4.92 Å². The molecule has 0 unspecified atom stereocenters. The van der Waals surface area contributed by atoms with Crippen molar-refractivity contribution in [3.05, 3.63) is 38.9 Å². The van der Waals surface area contributed by atoms with Gasteiger partial charge in [0.25, 0.3) is 5.69 Å². The van der Waals surface area contributed by atoms with Crippen LogP contribution in [-0.2, 0) is 6.54 Å². The number of benzene rings is 1. The third kappa shape index (κ3) is 4.66. The Balaban J connectivity index is 1.94. The summed E-state index contributed by atoms with van der Waals surface area (Å²) >= 11 is 6.16. The fourth-order valence-electron chi connectivity index (χ4n) is 2.88. The SMILES string of the molecule is CN(C)CC1CCN(Cc2cc([N+](=O)[O-])ccc2Cl)CC1. The van der Waals surface area contributed by atoms with Crippen LogP contribution in [0.5, 0.6) is 0 Å². The van der Waals surface area contributed by atoms with Gasteiger partial charge in [0, 0.05) is 30.2 Å². The third-order valence-corrected chi connectivity index (χ3v) is 4.33. The summed E-state index contributed by atoms with van der Waals surface area (Å²) in [6.07, 6.45) is 2.34. The second kappa shape index (κ2) is 7.20. The fraction of sp³-hybridized carbons (Fsp3) is 0.600. The van der Waals surface area contributed by atoms with Crippen molar-refractivity contribution in [3.63, 3.8) is 0 Å². The average molecular weight is 312 g/mol. The summed E-state index contributed by atoms with van der Waals surface area (Å²) < 4.78 is 0. The minimum atomic E-state index is -0.372. The van der Waals surface area contributed by atoms with Crippen LogP contribution in [0.3, 0.4) is 0 Å². The maximum atomic E-state index is 10.8. The van der Waals surface area contributed by atoms with E-state index >= 15 is 0 Å². The molecule has 1 aliphatic rings. The monoisotopic (exact) mass is 311 g/mol. The number of nitro groups is 1. The molecular formula is C15H22ClN3O2. The minimum absolute atomic E-state index is 0.108. The first-order valence-electron chi connectivity index (χ1n) is 7.25. The lowest BCUT2D eigenvalue weighted by atomic mass is 9.96. The quantitative estimate of drug-likeness (QED) is 0.619. The standard InChI is InChI=1S/C15H22ClN3O2/c1-17(2)10-12-5-7-18(8-6-12)11-13-9-14(19(20)21)3-4-15(13)16/h3-4,9,12H,5-8,10-11H2,1-2H3. The van der Waals surface area contributed by atoms with E-state index in [-0.39, 0.29) is 10.6 Å². The predicted molar refractivity (Wildman–Crippen MR) is 84.7 cm³/mol. The molecule has 0 amide bonds. The van der Waals surface area contributed by atoms with Crippen LogP contribution in [0.15, 0.2) is 18.2 Å². The minimum Gasteiger partial charge on any atom is -0.309 e. The Kier molecular flexibility index (Phi) is 5.56. The zero-order valence-electron chi connectivity index (χ0n) is 12.6. The Hall–Kier alpha value is -1.17. The van der Waals surface area contributed by atoms with E-state index in [0.29, 0.717) is 11.6 Å². The maximum Gasteiger partial charge on any atom is 0.269 e. The van der Waals surface area contributed by atoms with Gasteiger partial charge >= 0.3 is 0 Å². The van der Waals surface area contributed by atoms with Crippen LogP contribution < -0.4 is 0 Å². The lowest BCUT2D eigenvalue weighted by Crippen LogP contribution is -2.36. The van der Waals surface area contributed by atoms with Crippen LogP contribution in [0.25, 0.3) is 0 Å². The van der Waals surface area contributed by atoms with E-state index in [2.05, 4.69) is 23.9 Å². The number of non-ortho nitro benzene ring substituents is 1. The molecule has 2 rings (SSSR count). The molecule has 0 N–H and O–H groups in total. The van der Waals surface area contributed by atoms with Gasteiger partial charge in [0.2, 0.25) is 0 Å². The Morgan fingerprint density at radius 2 is 2.05 bits per heavy atom. The first-order valence-corrected chi connectivity index (χ1v) is 7.63. The number of nitro benzene ring substituents is 1. The van der Waals surface area contributed by atoms with E-state index in [1.54, 1.807) is 12.1 Å². The molecule has 0 radical (unpaired) electrons. The van der Waals surface area contributed by atoms with Crippen LogP contribution >= 0.6 is 11.6 Å². The number of hydrogen-bond donors (Lipinski definition) is 0. The highest BCUT2D eigenvalue weighted by molar-refractivity contribution is 6.31. The molecule has 0 aliphatic carbocycles. The highest BCUT2D eigenvalue weighted by Gasteiger charge is 2.21. The fourth-order valence-corrected chi connectivity index (χ4v) is 3.06. The molecule has 0 bridgehead atoms. The first kappa shape index (κ1) is 16.2. The molecule has 0 saturated carbocycles. The van der Waals surface area contributed by atoms with Crippen LogP contribution in [0.1, 0.15) is 18.4 Å². The summed E-state index contributed by atoms with van der Waals surface area (Å²) in [6.45, 7) is 3.87. The van der Waals surface area contributed by atoms with Crippen molar-refractivity contribution >= 4 is 17.3 Å². The molecule has 0 atom stereocenters. The van der Waals surface area contributed by atoms with Crippen molar-refractivity contribution in [3.8, 4) is 0 Å². The smallest absolute Gasteiger partial charge is 0.269 e. The van der Waals surface area contributed by atoms with Gasteiger partial charge in [-0.15, -0.1) is 0 Å². The molecule has 1 fully saturated rings. The zero-order chi connectivity index (χ0) is 15.4. The Labute approximate surface area is 130 Å². The molecule has 6 heteroatoms. The summed E-state index contributed by atoms with van der Waals surface area (Å²) in [7, 11) is 4.21. The summed E-state index contributed by atoms with van der Waals surface area (Å²) in [5, 5.41) is 11.5. The normalized spacial score (nSPS) is 17.3. The van der Waals surface area contributed by atoms with Gasteiger partial charge in [-0.1, -0.05) is 11.6 Å². The topological polar surface area (TPSA) is 49.6 Å². The van der Waals surface area contributed by atoms with E-state index in [9.17, 15) is 10.1 Å². The number of halogens is 1. The number of nitrogens with zero attached hydrogens (tertiary/aromatic N) is 3. The Morgan fingerprint density at radius 3 is 2.62 bits per heavy atom. The van der Waals surface area contributed by atoms with E-state index in [1.807, 2.05) is 0 Å².